The Hall–Kier alpha value is -1.28. The van der Waals surface area contributed by atoms with Crippen molar-refractivity contribution >= 4 is 41.5 Å². The average Bonchev–Trinajstić information content (AvgIpc) is 3.00. The first kappa shape index (κ1) is 20.0. The number of imidazole rings is 1. The van der Waals surface area contributed by atoms with Crippen molar-refractivity contribution in [3.8, 4) is 0 Å². The number of fused-ring (bicyclic) bond motifs is 1. The van der Waals surface area contributed by atoms with Crippen molar-refractivity contribution in [3.05, 3.63) is 52.6 Å². The largest absolute Gasteiger partial charge is 0.351 e. The normalized spacial score (nSPS) is 13.8. The third kappa shape index (κ3) is 5.34. The molecule has 1 aliphatic rings. The van der Waals surface area contributed by atoms with Gasteiger partial charge in [-0.15, -0.1) is 24.0 Å². The summed E-state index contributed by atoms with van der Waals surface area (Å²) in [5.41, 5.74) is 2.27. The summed E-state index contributed by atoms with van der Waals surface area (Å²) in [4.78, 5) is 11.2. The zero-order chi connectivity index (χ0) is 16.9. The minimum absolute atomic E-state index is 0. The van der Waals surface area contributed by atoms with E-state index >= 15 is 0 Å². The number of aryl methyl sites for hydroxylation is 2. The van der Waals surface area contributed by atoms with Gasteiger partial charge in [-0.05, 0) is 30.5 Å². The summed E-state index contributed by atoms with van der Waals surface area (Å²) in [6.45, 7) is 2.56. The predicted octanol–water partition coefficient (Wildman–Crippen LogP) is 3.70. The third-order valence-electron chi connectivity index (χ3n) is 4.29. The fourth-order valence-electron chi connectivity index (χ4n) is 3.05. The molecule has 0 spiro atoms. The van der Waals surface area contributed by atoms with Gasteiger partial charge in [-0.3, -0.25) is 4.99 Å². The molecule has 5 nitrogen and oxygen atoms in total. The maximum absolute atomic E-state index is 5.94. The lowest BCUT2D eigenvalue weighted by Crippen LogP contribution is -2.38. The SMILES string of the molecule is CN=C(NCc1cn2c(n1)CCCC2)N(C)Cc1ccc(Cl)cc1.I. The van der Waals surface area contributed by atoms with Crippen molar-refractivity contribution in [1.82, 2.24) is 19.8 Å². The molecule has 0 saturated heterocycles. The molecular formula is C18H25ClIN5. The summed E-state index contributed by atoms with van der Waals surface area (Å²) in [7, 11) is 3.83. The number of aromatic nitrogens is 2. The molecule has 2 aromatic rings. The van der Waals surface area contributed by atoms with E-state index in [1.807, 2.05) is 31.3 Å². The van der Waals surface area contributed by atoms with E-state index in [2.05, 4.69) is 26.0 Å². The maximum atomic E-state index is 5.94. The standard InChI is InChI=1S/C18H24ClN5.HI/c1-20-18(23(2)12-14-6-8-15(19)9-7-14)21-11-16-13-24-10-4-3-5-17(24)22-16;/h6-9,13H,3-5,10-12H2,1-2H3,(H,20,21);1H. The molecule has 0 bridgehead atoms. The average molecular weight is 474 g/mol. The summed E-state index contributed by atoms with van der Waals surface area (Å²) in [5.74, 6) is 2.07. The fourth-order valence-corrected chi connectivity index (χ4v) is 3.18. The van der Waals surface area contributed by atoms with E-state index in [1.54, 1.807) is 7.05 Å². The van der Waals surface area contributed by atoms with Crippen LogP contribution in [0.25, 0.3) is 0 Å². The van der Waals surface area contributed by atoms with E-state index in [0.29, 0.717) is 6.54 Å². The van der Waals surface area contributed by atoms with Gasteiger partial charge in [0.15, 0.2) is 5.96 Å². The van der Waals surface area contributed by atoms with Crippen molar-refractivity contribution in [2.45, 2.75) is 38.9 Å². The first-order valence-corrected chi connectivity index (χ1v) is 8.74. The number of nitrogens with zero attached hydrogens (tertiary/aromatic N) is 4. The van der Waals surface area contributed by atoms with Crippen molar-refractivity contribution in [2.75, 3.05) is 14.1 Å². The predicted molar refractivity (Wildman–Crippen MR) is 114 cm³/mol. The second kappa shape index (κ2) is 9.43. The van der Waals surface area contributed by atoms with Gasteiger partial charge in [0.25, 0.3) is 0 Å². The van der Waals surface area contributed by atoms with Gasteiger partial charge in [0.05, 0.1) is 12.2 Å². The summed E-state index contributed by atoms with van der Waals surface area (Å²) < 4.78 is 2.28. The van der Waals surface area contributed by atoms with Crippen LogP contribution in [0.5, 0.6) is 0 Å². The lowest BCUT2D eigenvalue weighted by Gasteiger charge is -2.22. The molecule has 0 radical (unpaired) electrons. The Labute approximate surface area is 171 Å². The number of halogens is 2. The van der Waals surface area contributed by atoms with Gasteiger partial charge >= 0.3 is 0 Å². The van der Waals surface area contributed by atoms with Gasteiger partial charge < -0.3 is 14.8 Å². The van der Waals surface area contributed by atoms with Gasteiger partial charge in [0, 0.05) is 44.8 Å². The molecule has 1 aromatic heterocycles. The molecule has 0 amide bonds. The van der Waals surface area contributed by atoms with Crippen LogP contribution in [0.15, 0.2) is 35.5 Å². The number of hydrogen-bond acceptors (Lipinski definition) is 2. The Morgan fingerprint density at radius 3 is 2.76 bits per heavy atom. The Bertz CT molecular complexity index is 687. The molecule has 0 atom stereocenters. The molecule has 0 saturated carbocycles. The van der Waals surface area contributed by atoms with Crippen LogP contribution in [-0.4, -0.2) is 34.5 Å². The zero-order valence-electron chi connectivity index (χ0n) is 14.7. The molecule has 136 valence electrons. The number of rotatable bonds is 4. The Balaban J connectivity index is 0.00000225. The van der Waals surface area contributed by atoms with E-state index in [4.69, 9.17) is 16.6 Å². The quantitative estimate of drug-likeness (QED) is 0.418. The van der Waals surface area contributed by atoms with Gasteiger partial charge in [-0.25, -0.2) is 4.98 Å². The monoisotopic (exact) mass is 473 g/mol. The molecule has 3 rings (SSSR count). The van der Waals surface area contributed by atoms with Crippen LogP contribution in [0.1, 0.15) is 29.9 Å². The molecule has 1 aromatic carbocycles. The van der Waals surface area contributed by atoms with E-state index in [9.17, 15) is 0 Å². The molecule has 25 heavy (non-hydrogen) atoms. The number of aliphatic imine (C=N–C) groups is 1. The highest BCUT2D eigenvalue weighted by Gasteiger charge is 2.13. The van der Waals surface area contributed by atoms with Crippen LogP contribution in [-0.2, 0) is 26.1 Å². The van der Waals surface area contributed by atoms with Crippen molar-refractivity contribution in [1.29, 1.82) is 0 Å². The number of guanidine groups is 1. The van der Waals surface area contributed by atoms with E-state index in [-0.39, 0.29) is 24.0 Å². The highest BCUT2D eigenvalue weighted by Crippen LogP contribution is 2.14. The number of benzene rings is 1. The van der Waals surface area contributed by atoms with Gasteiger partial charge in [0.2, 0.25) is 0 Å². The lowest BCUT2D eigenvalue weighted by atomic mass is 10.2. The first-order valence-electron chi connectivity index (χ1n) is 8.37. The molecule has 0 aliphatic carbocycles. The van der Waals surface area contributed by atoms with E-state index in [0.717, 1.165) is 36.2 Å². The Kier molecular flexibility index (Phi) is 7.56. The number of nitrogens with one attached hydrogen (secondary N) is 1. The highest BCUT2D eigenvalue weighted by atomic mass is 127. The van der Waals surface area contributed by atoms with Crippen LogP contribution in [0.2, 0.25) is 5.02 Å². The van der Waals surface area contributed by atoms with Gasteiger partial charge in [-0.1, -0.05) is 23.7 Å². The molecule has 0 fully saturated rings. The second-order valence-electron chi connectivity index (χ2n) is 6.18. The highest BCUT2D eigenvalue weighted by molar-refractivity contribution is 14.0. The Morgan fingerprint density at radius 2 is 2.08 bits per heavy atom. The van der Waals surface area contributed by atoms with Crippen molar-refractivity contribution in [3.63, 3.8) is 0 Å². The van der Waals surface area contributed by atoms with Crippen LogP contribution >= 0.6 is 35.6 Å². The smallest absolute Gasteiger partial charge is 0.194 e. The van der Waals surface area contributed by atoms with Crippen LogP contribution in [0.3, 0.4) is 0 Å². The minimum Gasteiger partial charge on any atom is -0.351 e. The lowest BCUT2D eigenvalue weighted by molar-refractivity contribution is 0.476. The van der Waals surface area contributed by atoms with Crippen molar-refractivity contribution < 1.29 is 0 Å². The third-order valence-corrected chi connectivity index (χ3v) is 4.54. The second-order valence-corrected chi connectivity index (χ2v) is 6.62. The minimum atomic E-state index is 0. The molecule has 2 heterocycles. The summed E-state index contributed by atoms with van der Waals surface area (Å²) in [6.07, 6.45) is 5.75. The molecular weight excluding hydrogens is 449 g/mol. The maximum Gasteiger partial charge on any atom is 0.194 e. The number of hydrogen-bond donors (Lipinski definition) is 1. The topological polar surface area (TPSA) is 45.5 Å². The molecule has 1 N–H and O–H groups in total. The van der Waals surface area contributed by atoms with E-state index < -0.39 is 0 Å². The fraction of sp³-hybridized carbons (Fsp3) is 0.444. The van der Waals surface area contributed by atoms with Crippen LogP contribution in [0, 0.1) is 0 Å². The van der Waals surface area contributed by atoms with Crippen LogP contribution in [0.4, 0.5) is 0 Å². The van der Waals surface area contributed by atoms with Crippen LogP contribution < -0.4 is 5.32 Å². The zero-order valence-corrected chi connectivity index (χ0v) is 17.8. The summed E-state index contributed by atoms with van der Waals surface area (Å²) in [5, 5.41) is 4.16. The molecule has 7 heteroatoms. The summed E-state index contributed by atoms with van der Waals surface area (Å²) >= 11 is 5.94. The molecule has 0 unspecified atom stereocenters. The molecule has 1 aliphatic heterocycles. The van der Waals surface area contributed by atoms with E-state index in [1.165, 1.54) is 24.2 Å². The first-order chi connectivity index (χ1) is 11.7. The van der Waals surface area contributed by atoms with Gasteiger partial charge in [-0.2, -0.15) is 0 Å². The van der Waals surface area contributed by atoms with Crippen molar-refractivity contribution in [2.24, 2.45) is 4.99 Å². The summed E-state index contributed by atoms with van der Waals surface area (Å²) in [6, 6.07) is 7.90. The van der Waals surface area contributed by atoms with Gasteiger partial charge in [0.1, 0.15) is 5.82 Å². The Morgan fingerprint density at radius 1 is 1.32 bits per heavy atom.